The first kappa shape index (κ1) is 31.3. The number of nitrogens with zero attached hydrogens (tertiary/aromatic N) is 5. The Morgan fingerprint density at radius 3 is 1.60 bits per heavy atom. The van der Waals surface area contributed by atoms with Crippen LogP contribution in [0.25, 0.3) is 121 Å². The quantitative estimate of drug-likeness (QED) is 0.181. The summed E-state index contributed by atoms with van der Waals surface area (Å²) in [7, 11) is 0. The summed E-state index contributed by atoms with van der Waals surface area (Å²) < 4.78 is 4.82. The summed E-state index contributed by atoms with van der Waals surface area (Å²) in [5.41, 5.74) is 9.96. The number of hydrogen-bond acceptors (Lipinski definition) is 3. The molecular weight excluding hydrogens is 707 g/mol. The van der Waals surface area contributed by atoms with Gasteiger partial charge in [-0.25, -0.2) is 4.98 Å². The van der Waals surface area contributed by atoms with E-state index in [0.29, 0.717) is 17.6 Å². The lowest BCUT2D eigenvalue weighted by Crippen LogP contribution is -2.06. The Kier molecular flexibility index (Phi) is 6.38. The summed E-state index contributed by atoms with van der Waals surface area (Å²) in [6.45, 7) is 0. The summed E-state index contributed by atoms with van der Waals surface area (Å²) in [5, 5.41) is 12.2. The molecule has 0 N–H and O–H groups in total. The number of hydrogen-bond donors (Lipinski definition) is 0. The molecule has 5 heteroatoms. The summed E-state index contributed by atoms with van der Waals surface area (Å²) in [6.07, 6.45) is 0. The standard InChI is InChI=1S/C53H31N5/c1-3-14-32(15-4-1)33-26-28-35(29-27-33)52-54-51(34-16-5-2-6-17-34)55-53(56-52)58-44-25-12-11-22-41(44)47-49(58)39-21-10-9-20-38(39)46-42-24-13-23-40-43-30-36-18-7-8-19-37(36)31-45(43)57(48(40)42)50(46)47/h1-31H. The first-order valence-corrected chi connectivity index (χ1v) is 19.7. The summed E-state index contributed by atoms with van der Waals surface area (Å²) in [6, 6.07) is 67.0. The Morgan fingerprint density at radius 2 is 0.845 bits per heavy atom. The third-order valence-corrected chi connectivity index (χ3v) is 12.1. The average molecular weight is 738 g/mol. The molecule has 0 amide bonds. The van der Waals surface area contributed by atoms with Crippen molar-refractivity contribution in [2.24, 2.45) is 0 Å². The van der Waals surface area contributed by atoms with Crippen molar-refractivity contribution < 1.29 is 0 Å². The highest BCUT2D eigenvalue weighted by Crippen LogP contribution is 2.48. The van der Waals surface area contributed by atoms with Gasteiger partial charge in [-0.15, -0.1) is 0 Å². The van der Waals surface area contributed by atoms with Gasteiger partial charge in [-0.05, 0) is 45.5 Å². The second-order valence-electron chi connectivity index (χ2n) is 15.2. The van der Waals surface area contributed by atoms with Gasteiger partial charge in [0.05, 0.1) is 27.6 Å². The van der Waals surface area contributed by atoms with E-state index in [1.165, 1.54) is 65.2 Å². The van der Waals surface area contributed by atoms with Gasteiger partial charge in [0, 0.05) is 48.8 Å². The Labute approximate surface area is 332 Å². The van der Waals surface area contributed by atoms with E-state index in [9.17, 15) is 0 Å². The summed E-state index contributed by atoms with van der Waals surface area (Å²) in [4.78, 5) is 15.8. The molecule has 58 heavy (non-hydrogen) atoms. The second-order valence-corrected chi connectivity index (χ2v) is 15.2. The molecule has 0 saturated heterocycles. The van der Waals surface area contributed by atoms with Gasteiger partial charge in [0.25, 0.3) is 0 Å². The highest BCUT2D eigenvalue weighted by Gasteiger charge is 2.27. The van der Waals surface area contributed by atoms with E-state index in [1.54, 1.807) is 0 Å². The fourth-order valence-corrected chi connectivity index (χ4v) is 9.54. The van der Waals surface area contributed by atoms with Crippen molar-refractivity contribution in [2.45, 2.75) is 0 Å². The SMILES string of the molecule is c1ccc(-c2ccc(-c3nc(-c4ccccc4)nc(-n4c5ccccc5c5c4c4ccccc4c4c6cccc7c8cc9ccccc9cc8n(c76)c45)n3)cc2)cc1. The van der Waals surface area contributed by atoms with Crippen LogP contribution in [0, 0.1) is 0 Å². The van der Waals surface area contributed by atoms with Gasteiger partial charge in [-0.3, -0.25) is 4.57 Å². The van der Waals surface area contributed by atoms with Gasteiger partial charge in [-0.2, -0.15) is 9.97 Å². The second kappa shape index (κ2) is 11.8. The zero-order valence-corrected chi connectivity index (χ0v) is 31.1. The van der Waals surface area contributed by atoms with E-state index < -0.39 is 0 Å². The maximum absolute atomic E-state index is 5.36. The smallest absolute Gasteiger partial charge is 0.238 e. The van der Waals surface area contributed by atoms with E-state index in [2.05, 4.69) is 173 Å². The summed E-state index contributed by atoms with van der Waals surface area (Å²) >= 11 is 0. The monoisotopic (exact) mass is 737 g/mol. The maximum atomic E-state index is 5.36. The van der Waals surface area contributed by atoms with Crippen molar-refractivity contribution >= 4 is 81.4 Å². The molecule has 0 aliphatic heterocycles. The lowest BCUT2D eigenvalue weighted by molar-refractivity contribution is 0.955. The lowest BCUT2D eigenvalue weighted by atomic mass is 9.98. The van der Waals surface area contributed by atoms with E-state index in [0.717, 1.165) is 38.5 Å². The Morgan fingerprint density at radius 1 is 0.310 bits per heavy atom. The Bertz CT molecular complexity index is 3770. The van der Waals surface area contributed by atoms with Gasteiger partial charge in [-0.1, -0.05) is 170 Å². The minimum Gasteiger partial charge on any atom is -0.307 e. The first-order valence-electron chi connectivity index (χ1n) is 19.7. The molecule has 0 aliphatic rings. The molecule has 9 aromatic carbocycles. The van der Waals surface area contributed by atoms with E-state index in [-0.39, 0.29) is 0 Å². The normalized spacial score (nSPS) is 12.1. The van der Waals surface area contributed by atoms with Gasteiger partial charge in [0.2, 0.25) is 5.95 Å². The van der Waals surface area contributed by atoms with Gasteiger partial charge < -0.3 is 4.40 Å². The Balaban J connectivity index is 1.18. The predicted molar refractivity (Wildman–Crippen MR) is 240 cm³/mol. The highest BCUT2D eigenvalue weighted by atomic mass is 15.2. The Hall–Kier alpha value is -7.89. The number of fused-ring (bicyclic) bond motifs is 14. The molecule has 0 aliphatic carbocycles. The molecule has 0 bridgehead atoms. The molecule has 0 fully saturated rings. The molecule has 0 saturated carbocycles. The largest absolute Gasteiger partial charge is 0.307 e. The minimum absolute atomic E-state index is 0.580. The van der Waals surface area contributed by atoms with Crippen LogP contribution in [0.3, 0.4) is 0 Å². The van der Waals surface area contributed by atoms with Crippen LogP contribution < -0.4 is 0 Å². The van der Waals surface area contributed by atoms with Crippen molar-refractivity contribution in [3.8, 4) is 39.9 Å². The molecule has 0 radical (unpaired) electrons. The maximum Gasteiger partial charge on any atom is 0.238 e. The molecule has 13 rings (SSSR count). The third kappa shape index (κ3) is 4.33. The molecule has 4 heterocycles. The lowest BCUT2D eigenvalue weighted by Gasteiger charge is -2.13. The molecule has 0 spiro atoms. The van der Waals surface area contributed by atoms with Crippen LogP contribution in [0.15, 0.2) is 188 Å². The first-order chi connectivity index (χ1) is 28.8. The number of benzene rings is 9. The van der Waals surface area contributed by atoms with Crippen molar-refractivity contribution in [3.63, 3.8) is 0 Å². The van der Waals surface area contributed by atoms with Gasteiger partial charge in [0.1, 0.15) is 0 Å². The van der Waals surface area contributed by atoms with Crippen LogP contribution >= 0.6 is 0 Å². The number of aromatic nitrogens is 5. The van der Waals surface area contributed by atoms with Crippen LogP contribution in [-0.4, -0.2) is 23.9 Å². The fourth-order valence-electron chi connectivity index (χ4n) is 9.54. The predicted octanol–water partition coefficient (Wildman–Crippen LogP) is 13.4. The van der Waals surface area contributed by atoms with E-state index in [4.69, 9.17) is 15.0 Å². The molecule has 0 unspecified atom stereocenters. The molecular formula is C53H31N5. The van der Waals surface area contributed by atoms with E-state index in [1.807, 2.05) is 24.3 Å². The number of para-hydroxylation sites is 2. The molecule has 13 aromatic rings. The highest BCUT2D eigenvalue weighted by molar-refractivity contribution is 6.39. The molecule has 5 nitrogen and oxygen atoms in total. The molecule has 4 aromatic heterocycles. The summed E-state index contributed by atoms with van der Waals surface area (Å²) in [5.74, 6) is 1.83. The van der Waals surface area contributed by atoms with E-state index >= 15 is 0 Å². The average Bonchev–Trinajstić information content (AvgIpc) is 3.94. The fraction of sp³-hybridized carbons (Fsp3) is 0. The van der Waals surface area contributed by atoms with Crippen molar-refractivity contribution in [1.29, 1.82) is 0 Å². The zero-order chi connectivity index (χ0) is 37.9. The minimum atomic E-state index is 0.580. The van der Waals surface area contributed by atoms with Crippen molar-refractivity contribution in [3.05, 3.63) is 188 Å². The van der Waals surface area contributed by atoms with Crippen molar-refractivity contribution in [2.75, 3.05) is 0 Å². The van der Waals surface area contributed by atoms with Crippen LogP contribution in [0.4, 0.5) is 0 Å². The third-order valence-electron chi connectivity index (χ3n) is 12.1. The zero-order valence-electron chi connectivity index (χ0n) is 31.1. The van der Waals surface area contributed by atoms with Crippen LogP contribution in [-0.2, 0) is 0 Å². The van der Waals surface area contributed by atoms with Crippen molar-refractivity contribution in [1.82, 2.24) is 23.9 Å². The number of rotatable bonds is 4. The molecule has 0 atom stereocenters. The van der Waals surface area contributed by atoms with Crippen LogP contribution in [0.1, 0.15) is 0 Å². The molecule has 268 valence electrons. The topological polar surface area (TPSA) is 48.0 Å². The van der Waals surface area contributed by atoms with Gasteiger partial charge >= 0.3 is 0 Å². The van der Waals surface area contributed by atoms with Gasteiger partial charge in [0.15, 0.2) is 11.6 Å². The van der Waals surface area contributed by atoms with Crippen LogP contribution in [0.2, 0.25) is 0 Å². The van der Waals surface area contributed by atoms with Crippen LogP contribution in [0.5, 0.6) is 0 Å².